The summed E-state index contributed by atoms with van der Waals surface area (Å²) in [5.41, 5.74) is 2.63. The van der Waals surface area contributed by atoms with Gasteiger partial charge < -0.3 is 15.4 Å². The standard InChI is InChI=1S/C19H23N3O4/c1-9-5-6-12-15(10(9)2)20-18(25)19(12)14-13(11(3)21-19)16(23)22(17(14)24)7-8-26-4/h5-6,11,13-14,21H,7-8H2,1-4H3,(H,20,25)/p+1/t11-,13+,14-,19-/m0/s1. The molecule has 3 aliphatic rings. The molecule has 1 aromatic rings. The Morgan fingerprint density at radius 2 is 1.96 bits per heavy atom. The molecule has 7 heteroatoms. The van der Waals surface area contributed by atoms with Crippen LogP contribution < -0.4 is 10.6 Å². The van der Waals surface area contributed by atoms with Crippen molar-refractivity contribution >= 4 is 23.4 Å². The van der Waals surface area contributed by atoms with Crippen molar-refractivity contribution in [3.05, 3.63) is 28.8 Å². The van der Waals surface area contributed by atoms with Gasteiger partial charge in [0, 0.05) is 12.7 Å². The molecular weight excluding hydrogens is 334 g/mol. The summed E-state index contributed by atoms with van der Waals surface area (Å²) < 4.78 is 5.04. The Hall–Kier alpha value is -2.25. The number of quaternary nitrogens is 1. The van der Waals surface area contributed by atoms with E-state index in [1.807, 2.05) is 38.2 Å². The molecule has 2 saturated heterocycles. The first-order valence-electron chi connectivity index (χ1n) is 8.97. The van der Waals surface area contributed by atoms with E-state index in [4.69, 9.17) is 4.74 Å². The normalized spacial score (nSPS) is 32.4. The molecule has 7 nitrogen and oxygen atoms in total. The van der Waals surface area contributed by atoms with Crippen LogP contribution in [0.5, 0.6) is 0 Å². The Labute approximate surface area is 152 Å². The zero-order chi connectivity index (χ0) is 18.8. The molecule has 3 N–H and O–H groups in total. The Kier molecular flexibility index (Phi) is 3.71. The molecule has 26 heavy (non-hydrogen) atoms. The third-order valence-electron chi connectivity index (χ3n) is 6.34. The highest BCUT2D eigenvalue weighted by Crippen LogP contribution is 2.49. The van der Waals surface area contributed by atoms with Crippen LogP contribution in [0.2, 0.25) is 0 Å². The lowest BCUT2D eigenvalue weighted by Gasteiger charge is -2.26. The van der Waals surface area contributed by atoms with Gasteiger partial charge in [-0.15, -0.1) is 0 Å². The van der Waals surface area contributed by atoms with Gasteiger partial charge in [-0.05, 0) is 38.0 Å². The summed E-state index contributed by atoms with van der Waals surface area (Å²) in [6, 6.07) is 3.75. The van der Waals surface area contributed by atoms with E-state index in [1.54, 1.807) is 0 Å². The summed E-state index contributed by atoms with van der Waals surface area (Å²) >= 11 is 0. The minimum Gasteiger partial charge on any atom is -0.383 e. The number of nitrogens with two attached hydrogens (primary N) is 1. The summed E-state index contributed by atoms with van der Waals surface area (Å²) in [7, 11) is 1.54. The van der Waals surface area contributed by atoms with E-state index in [1.165, 1.54) is 12.0 Å². The van der Waals surface area contributed by atoms with Crippen molar-refractivity contribution in [1.82, 2.24) is 4.90 Å². The second-order valence-corrected chi connectivity index (χ2v) is 7.60. The summed E-state index contributed by atoms with van der Waals surface area (Å²) in [5.74, 6) is -1.82. The van der Waals surface area contributed by atoms with Crippen LogP contribution in [0, 0.1) is 25.7 Å². The van der Waals surface area contributed by atoms with Gasteiger partial charge in [-0.3, -0.25) is 19.3 Å². The number of carbonyl (C=O) groups excluding carboxylic acids is 3. The second kappa shape index (κ2) is 5.62. The second-order valence-electron chi connectivity index (χ2n) is 7.60. The number of nitrogens with one attached hydrogen (secondary N) is 1. The first kappa shape index (κ1) is 17.2. The van der Waals surface area contributed by atoms with E-state index in [2.05, 4.69) is 5.32 Å². The fourth-order valence-electron chi connectivity index (χ4n) is 4.92. The number of hydrogen-bond donors (Lipinski definition) is 2. The summed E-state index contributed by atoms with van der Waals surface area (Å²) in [5, 5.41) is 4.91. The number of likely N-dealkylation sites (tertiary alicyclic amines) is 1. The third-order valence-corrected chi connectivity index (χ3v) is 6.34. The highest BCUT2D eigenvalue weighted by Gasteiger charge is 2.73. The smallest absolute Gasteiger partial charge is 0.291 e. The van der Waals surface area contributed by atoms with Crippen molar-refractivity contribution in [2.75, 3.05) is 25.6 Å². The summed E-state index contributed by atoms with van der Waals surface area (Å²) in [6.07, 6.45) is 0. The predicted octanol–water partition coefficient (Wildman–Crippen LogP) is -0.336. The van der Waals surface area contributed by atoms with Crippen molar-refractivity contribution in [2.45, 2.75) is 32.4 Å². The SMILES string of the molecule is COCCN1C(=O)[C@@H]2[C@H](C)[NH2+][C@]3(C(=O)Nc4c3ccc(C)c4C)[C@@H]2C1=O. The summed E-state index contributed by atoms with van der Waals surface area (Å²) in [4.78, 5) is 40.5. The topological polar surface area (TPSA) is 92.3 Å². The molecule has 138 valence electrons. The zero-order valence-corrected chi connectivity index (χ0v) is 15.5. The number of aryl methyl sites for hydroxylation is 1. The van der Waals surface area contributed by atoms with Crippen molar-refractivity contribution < 1.29 is 24.4 Å². The predicted molar refractivity (Wildman–Crippen MR) is 93.2 cm³/mol. The van der Waals surface area contributed by atoms with Crippen molar-refractivity contribution in [2.24, 2.45) is 11.8 Å². The van der Waals surface area contributed by atoms with Crippen LogP contribution in [0.25, 0.3) is 0 Å². The zero-order valence-electron chi connectivity index (χ0n) is 15.5. The molecule has 0 aromatic heterocycles. The molecule has 2 fully saturated rings. The maximum Gasteiger partial charge on any atom is 0.291 e. The van der Waals surface area contributed by atoms with Gasteiger partial charge in [0.05, 0.1) is 24.9 Å². The van der Waals surface area contributed by atoms with Crippen LogP contribution in [0.1, 0.15) is 23.6 Å². The molecule has 0 radical (unpaired) electrons. The molecule has 1 spiro atoms. The Balaban J connectivity index is 1.85. The lowest BCUT2D eigenvalue weighted by Crippen LogP contribution is -2.98. The van der Waals surface area contributed by atoms with E-state index in [9.17, 15) is 14.4 Å². The lowest BCUT2D eigenvalue weighted by atomic mass is 9.76. The number of anilines is 1. The molecule has 4 atom stereocenters. The molecule has 3 aliphatic heterocycles. The largest absolute Gasteiger partial charge is 0.383 e. The highest BCUT2D eigenvalue weighted by molar-refractivity contribution is 6.14. The van der Waals surface area contributed by atoms with Gasteiger partial charge in [0.15, 0.2) is 0 Å². The Bertz CT molecular complexity index is 836. The van der Waals surface area contributed by atoms with Gasteiger partial charge in [-0.1, -0.05) is 6.07 Å². The maximum absolute atomic E-state index is 13.2. The first-order valence-corrected chi connectivity index (χ1v) is 8.97. The van der Waals surface area contributed by atoms with Gasteiger partial charge in [0.1, 0.15) is 11.8 Å². The van der Waals surface area contributed by atoms with Crippen LogP contribution in [0.15, 0.2) is 12.1 Å². The minimum atomic E-state index is -1.06. The molecular formula is C19H24N3O4+. The third kappa shape index (κ3) is 1.92. The van der Waals surface area contributed by atoms with E-state index in [0.29, 0.717) is 6.61 Å². The molecule has 0 aliphatic carbocycles. The Morgan fingerprint density at radius 3 is 2.65 bits per heavy atom. The molecule has 3 amide bonds. The van der Waals surface area contributed by atoms with Crippen LogP contribution in [0.3, 0.4) is 0 Å². The Morgan fingerprint density at radius 1 is 1.23 bits per heavy atom. The molecule has 4 rings (SSSR count). The number of carbonyl (C=O) groups is 3. The van der Waals surface area contributed by atoms with Gasteiger partial charge in [-0.25, -0.2) is 0 Å². The minimum absolute atomic E-state index is 0.151. The van der Waals surface area contributed by atoms with E-state index < -0.39 is 17.4 Å². The van der Waals surface area contributed by atoms with Crippen molar-refractivity contribution in [3.63, 3.8) is 0 Å². The van der Waals surface area contributed by atoms with E-state index in [-0.39, 0.29) is 30.3 Å². The quantitative estimate of drug-likeness (QED) is 0.724. The number of nitrogens with zero attached hydrogens (tertiary/aromatic N) is 1. The summed E-state index contributed by atoms with van der Waals surface area (Å²) in [6.45, 7) is 6.40. The average molecular weight is 358 g/mol. The highest BCUT2D eigenvalue weighted by atomic mass is 16.5. The van der Waals surface area contributed by atoms with Crippen LogP contribution in [-0.4, -0.2) is 48.9 Å². The average Bonchev–Trinajstić information content (AvgIpc) is 3.16. The first-order chi connectivity index (χ1) is 12.3. The molecule has 0 unspecified atom stereocenters. The number of ether oxygens (including phenoxy) is 1. The number of benzene rings is 1. The van der Waals surface area contributed by atoms with Crippen LogP contribution >= 0.6 is 0 Å². The molecule has 1 aromatic carbocycles. The maximum atomic E-state index is 13.2. The number of imide groups is 1. The van der Waals surface area contributed by atoms with Gasteiger partial charge in [-0.2, -0.15) is 0 Å². The number of rotatable bonds is 3. The monoisotopic (exact) mass is 358 g/mol. The number of amides is 3. The molecule has 0 bridgehead atoms. The van der Waals surface area contributed by atoms with Crippen LogP contribution in [0.4, 0.5) is 5.69 Å². The fourth-order valence-corrected chi connectivity index (χ4v) is 4.92. The van der Waals surface area contributed by atoms with Crippen molar-refractivity contribution in [3.8, 4) is 0 Å². The number of methoxy groups -OCH3 is 1. The molecule has 3 heterocycles. The lowest BCUT2D eigenvalue weighted by molar-refractivity contribution is -0.730. The number of hydrogen-bond acceptors (Lipinski definition) is 4. The van der Waals surface area contributed by atoms with Gasteiger partial charge in [0.25, 0.3) is 5.91 Å². The van der Waals surface area contributed by atoms with E-state index >= 15 is 0 Å². The van der Waals surface area contributed by atoms with Crippen LogP contribution in [-0.2, 0) is 24.7 Å². The van der Waals surface area contributed by atoms with Gasteiger partial charge in [0.2, 0.25) is 17.4 Å². The fraction of sp³-hybridized carbons (Fsp3) is 0.526. The van der Waals surface area contributed by atoms with Crippen molar-refractivity contribution in [1.29, 1.82) is 0 Å². The van der Waals surface area contributed by atoms with E-state index in [0.717, 1.165) is 22.4 Å². The molecule has 0 saturated carbocycles. The van der Waals surface area contributed by atoms with Gasteiger partial charge >= 0.3 is 0 Å². The number of fused-ring (bicyclic) bond motifs is 4.